The Bertz CT molecular complexity index is 612. The molecule has 0 heterocycles. The van der Waals surface area contributed by atoms with Crippen molar-refractivity contribution < 1.29 is 24.2 Å². The molecule has 25 heavy (non-hydrogen) atoms. The highest BCUT2D eigenvalue weighted by atomic mass is 16.5. The van der Waals surface area contributed by atoms with Crippen molar-refractivity contribution in [2.75, 3.05) is 20.3 Å². The first-order chi connectivity index (χ1) is 11.9. The molecule has 138 valence electrons. The van der Waals surface area contributed by atoms with Crippen LogP contribution in [0.25, 0.3) is 0 Å². The lowest BCUT2D eigenvalue weighted by Gasteiger charge is -2.36. The molecule has 0 bridgehead atoms. The summed E-state index contributed by atoms with van der Waals surface area (Å²) in [5.41, 5.74) is 1.76. The van der Waals surface area contributed by atoms with Crippen molar-refractivity contribution >= 4 is 11.9 Å². The van der Waals surface area contributed by atoms with Crippen LogP contribution in [0.15, 0.2) is 12.1 Å². The van der Waals surface area contributed by atoms with E-state index in [1.165, 1.54) is 6.42 Å². The summed E-state index contributed by atoms with van der Waals surface area (Å²) in [6.07, 6.45) is 5.39. The van der Waals surface area contributed by atoms with E-state index < -0.39 is 12.6 Å². The minimum atomic E-state index is -1.03. The van der Waals surface area contributed by atoms with Crippen LogP contribution in [0.2, 0.25) is 0 Å². The van der Waals surface area contributed by atoms with Crippen LogP contribution in [-0.2, 0) is 9.53 Å². The average molecular weight is 349 g/mol. The van der Waals surface area contributed by atoms with E-state index in [-0.39, 0.29) is 11.5 Å². The zero-order valence-corrected chi connectivity index (χ0v) is 15.2. The van der Waals surface area contributed by atoms with Crippen molar-refractivity contribution in [2.45, 2.75) is 51.6 Å². The summed E-state index contributed by atoms with van der Waals surface area (Å²) in [5.74, 6) is -0.671. The third-order valence-corrected chi connectivity index (χ3v) is 4.83. The fraction of sp³-hybridized carbons (Fsp3) is 0.579. The molecule has 6 heteroatoms. The molecule has 0 saturated heterocycles. The fourth-order valence-electron chi connectivity index (χ4n) is 3.44. The van der Waals surface area contributed by atoms with Crippen LogP contribution in [0.1, 0.15) is 53.6 Å². The maximum Gasteiger partial charge on any atom is 0.341 e. The summed E-state index contributed by atoms with van der Waals surface area (Å²) < 4.78 is 11.0. The van der Waals surface area contributed by atoms with E-state index >= 15 is 0 Å². The number of nitrogens with one attached hydrogen (secondary N) is 1. The van der Waals surface area contributed by atoms with Crippen LogP contribution >= 0.6 is 0 Å². The van der Waals surface area contributed by atoms with Crippen LogP contribution in [0.3, 0.4) is 0 Å². The molecule has 0 aromatic heterocycles. The Balaban J connectivity index is 2.05. The van der Waals surface area contributed by atoms with Gasteiger partial charge in [0.25, 0.3) is 5.91 Å². The number of hydrogen-bond acceptors (Lipinski definition) is 4. The van der Waals surface area contributed by atoms with Crippen LogP contribution in [0.4, 0.5) is 0 Å². The Morgan fingerprint density at radius 1 is 1.16 bits per heavy atom. The highest BCUT2D eigenvalue weighted by molar-refractivity contribution is 5.95. The minimum absolute atomic E-state index is 0.155. The van der Waals surface area contributed by atoms with Gasteiger partial charge >= 0.3 is 5.97 Å². The van der Waals surface area contributed by atoms with Crippen LogP contribution < -0.4 is 10.1 Å². The molecule has 0 atom stereocenters. The third kappa shape index (κ3) is 4.95. The molecule has 1 aromatic rings. The number of carbonyl (C=O) groups excluding carboxylic acids is 1. The minimum Gasteiger partial charge on any atom is -0.481 e. The molecule has 0 spiro atoms. The predicted octanol–water partition coefficient (Wildman–Crippen LogP) is 2.85. The van der Waals surface area contributed by atoms with E-state index in [1.54, 1.807) is 33.1 Å². The van der Waals surface area contributed by atoms with Gasteiger partial charge in [-0.2, -0.15) is 0 Å². The lowest BCUT2D eigenvalue weighted by atomic mass is 9.84. The van der Waals surface area contributed by atoms with Gasteiger partial charge in [-0.05, 0) is 49.9 Å². The van der Waals surface area contributed by atoms with Gasteiger partial charge < -0.3 is 19.9 Å². The number of rotatable bonds is 7. The monoisotopic (exact) mass is 349 g/mol. The summed E-state index contributed by atoms with van der Waals surface area (Å²) in [6, 6.07) is 3.44. The van der Waals surface area contributed by atoms with Gasteiger partial charge in [-0.3, -0.25) is 4.79 Å². The Morgan fingerprint density at radius 3 is 2.28 bits per heavy atom. The Labute approximate surface area is 148 Å². The van der Waals surface area contributed by atoms with Crippen LogP contribution in [0.5, 0.6) is 5.75 Å². The highest BCUT2D eigenvalue weighted by Gasteiger charge is 2.32. The molecule has 2 N–H and O–H groups in total. The number of carbonyl (C=O) groups is 2. The molecule has 0 radical (unpaired) electrons. The zero-order chi connectivity index (χ0) is 18.4. The first kappa shape index (κ1) is 19.2. The van der Waals surface area contributed by atoms with Crippen molar-refractivity contribution in [1.82, 2.24) is 5.32 Å². The molecule has 1 aromatic carbocycles. The van der Waals surface area contributed by atoms with E-state index in [4.69, 9.17) is 14.6 Å². The summed E-state index contributed by atoms with van der Waals surface area (Å²) in [5, 5.41) is 11.7. The molecule has 0 unspecified atom stereocenters. The average Bonchev–Trinajstić information content (AvgIpc) is 2.59. The number of hydrogen-bond donors (Lipinski definition) is 2. The number of aliphatic carboxylic acids is 1. The zero-order valence-electron chi connectivity index (χ0n) is 15.2. The van der Waals surface area contributed by atoms with Crippen molar-refractivity contribution in [3.05, 3.63) is 28.8 Å². The molecule has 1 aliphatic rings. The van der Waals surface area contributed by atoms with E-state index in [0.29, 0.717) is 17.9 Å². The van der Waals surface area contributed by atoms with E-state index in [9.17, 15) is 9.59 Å². The standard InChI is InChI=1S/C19H27NO5/c1-13-9-15(10-14(2)17(13)25-11-16(21)22)18(23)20-12-19(24-3)7-5-4-6-8-19/h9-10H,4-8,11-12H2,1-3H3,(H,20,23)(H,21,22). The van der Waals surface area contributed by atoms with Gasteiger partial charge in [0.15, 0.2) is 6.61 Å². The number of methoxy groups -OCH3 is 1. The number of amides is 1. The summed E-state index contributed by atoms with van der Waals surface area (Å²) in [6.45, 7) is 3.71. The van der Waals surface area contributed by atoms with Crippen molar-refractivity contribution in [3.8, 4) is 5.75 Å². The van der Waals surface area contributed by atoms with Gasteiger partial charge in [-0.25, -0.2) is 4.79 Å². The molecular weight excluding hydrogens is 322 g/mol. The normalized spacial score (nSPS) is 16.3. The quantitative estimate of drug-likeness (QED) is 0.791. The molecule has 6 nitrogen and oxygen atoms in total. The Kier molecular flexibility index (Phi) is 6.42. The second-order valence-corrected chi connectivity index (χ2v) is 6.75. The molecule has 1 saturated carbocycles. The number of aryl methyl sites for hydroxylation is 2. The molecule has 1 fully saturated rings. The smallest absolute Gasteiger partial charge is 0.341 e. The second-order valence-electron chi connectivity index (χ2n) is 6.75. The van der Waals surface area contributed by atoms with E-state index in [1.807, 2.05) is 0 Å². The first-order valence-electron chi connectivity index (χ1n) is 8.66. The Morgan fingerprint density at radius 2 is 1.76 bits per heavy atom. The van der Waals surface area contributed by atoms with Gasteiger partial charge in [-0.1, -0.05) is 19.3 Å². The van der Waals surface area contributed by atoms with Gasteiger partial charge in [0.1, 0.15) is 5.75 Å². The maximum absolute atomic E-state index is 12.5. The van der Waals surface area contributed by atoms with Crippen molar-refractivity contribution in [2.24, 2.45) is 0 Å². The lowest BCUT2D eigenvalue weighted by molar-refractivity contribution is -0.139. The molecular formula is C19H27NO5. The predicted molar refractivity (Wildman–Crippen MR) is 94.2 cm³/mol. The van der Waals surface area contributed by atoms with Crippen molar-refractivity contribution in [3.63, 3.8) is 0 Å². The van der Waals surface area contributed by atoms with Gasteiger partial charge in [0.05, 0.1) is 5.60 Å². The molecule has 2 rings (SSSR count). The summed E-state index contributed by atoms with van der Waals surface area (Å²) in [7, 11) is 1.71. The van der Waals surface area contributed by atoms with Crippen molar-refractivity contribution in [1.29, 1.82) is 0 Å². The van der Waals surface area contributed by atoms with Crippen LogP contribution in [0, 0.1) is 13.8 Å². The number of carboxylic acids is 1. The van der Waals surface area contributed by atoms with Gasteiger partial charge in [0.2, 0.25) is 0 Å². The Hall–Kier alpha value is -2.08. The second kappa shape index (κ2) is 8.34. The van der Waals surface area contributed by atoms with Gasteiger partial charge in [-0.15, -0.1) is 0 Å². The summed E-state index contributed by atoms with van der Waals surface area (Å²) in [4.78, 5) is 23.2. The highest BCUT2D eigenvalue weighted by Crippen LogP contribution is 2.30. The fourth-order valence-corrected chi connectivity index (χ4v) is 3.44. The SMILES string of the molecule is COC1(CNC(=O)c2cc(C)c(OCC(=O)O)c(C)c2)CCCCC1. The molecule has 1 amide bonds. The third-order valence-electron chi connectivity index (χ3n) is 4.83. The van der Waals surface area contributed by atoms with E-state index in [0.717, 1.165) is 36.8 Å². The van der Waals surface area contributed by atoms with Crippen LogP contribution in [-0.4, -0.2) is 42.8 Å². The first-order valence-corrected chi connectivity index (χ1v) is 8.66. The maximum atomic E-state index is 12.5. The number of carboxylic acid groups (broad SMARTS) is 1. The molecule has 0 aliphatic heterocycles. The van der Waals surface area contributed by atoms with E-state index in [2.05, 4.69) is 5.32 Å². The number of ether oxygens (including phenoxy) is 2. The number of benzene rings is 1. The lowest BCUT2D eigenvalue weighted by Crippen LogP contribution is -2.45. The largest absolute Gasteiger partial charge is 0.481 e. The van der Waals surface area contributed by atoms with Gasteiger partial charge in [0, 0.05) is 19.2 Å². The summed E-state index contributed by atoms with van der Waals surface area (Å²) >= 11 is 0. The topological polar surface area (TPSA) is 84.9 Å². The molecule has 1 aliphatic carbocycles.